The summed E-state index contributed by atoms with van der Waals surface area (Å²) in [5.41, 5.74) is 3.81. The minimum Gasteiger partial charge on any atom is -0.338 e. The molecule has 30 heavy (non-hydrogen) atoms. The standard InChI is InChI=1S/C23H18FN3O2S/c24-19-11-7-17(8-12-19)22-23(18-9-13-20(14-10-18)30(25,28)29)27-21(26-22)15-6-16-4-2-1-3-5-16/h1-15H,(H,26,27)(H2,25,28,29). The van der Waals surface area contributed by atoms with Gasteiger partial charge in [0.1, 0.15) is 11.6 Å². The van der Waals surface area contributed by atoms with Crippen molar-refractivity contribution >= 4 is 22.2 Å². The quantitative estimate of drug-likeness (QED) is 0.491. The first-order valence-corrected chi connectivity index (χ1v) is 10.7. The largest absolute Gasteiger partial charge is 0.338 e. The zero-order valence-corrected chi connectivity index (χ0v) is 16.6. The molecule has 0 bridgehead atoms. The Kier molecular flexibility index (Phi) is 5.31. The maximum absolute atomic E-state index is 13.4. The third-order valence-electron chi connectivity index (χ3n) is 4.54. The highest BCUT2D eigenvalue weighted by Crippen LogP contribution is 2.31. The second kappa shape index (κ2) is 8.06. The van der Waals surface area contributed by atoms with Gasteiger partial charge in [-0.15, -0.1) is 0 Å². The van der Waals surface area contributed by atoms with Crippen LogP contribution in [0.2, 0.25) is 0 Å². The SMILES string of the molecule is NS(=O)(=O)c1ccc(-c2nc(C=Cc3ccccc3)[nH]c2-c2ccc(F)cc2)cc1. The molecule has 0 fully saturated rings. The number of nitrogens with two attached hydrogens (primary N) is 1. The predicted octanol–water partition coefficient (Wildman–Crippen LogP) is 4.70. The summed E-state index contributed by atoms with van der Waals surface area (Å²) < 4.78 is 36.5. The monoisotopic (exact) mass is 419 g/mol. The molecule has 0 saturated carbocycles. The third-order valence-corrected chi connectivity index (χ3v) is 5.47. The van der Waals surface area contributed by atoms with Crippen LogP contribution < -0.4 is 5.14 Å². The van der Waals surface area contributed by atoms with Gasteiger partial charge in [-0.1, -0.05) is 48.5 Å². The molecule has 5 nitrogen and oxygen atoms in total. The number of hydrogen-bond donors (Lipinski definition) is 2. The Labute approximate surface area is 173 Å². The molecule has 3 N–H and O–H groups in total. The minimum atomic E-state index is -3.78. The molecule has 0 saturated heterocycles. The lowest BCUT2D eigenvalue weighted by molar-refractivity contribution is 0.598. The lowest BCUT2D eigenvalue weighted by Crippen LogP contribution is -2.11. The number of primary sulfonamides is 1. The molecule has 4 rings (SSSR count). The van der Waals surface area contributed by atoms with E-state index in [1.807, 2.05) is 42.5 Å². The number of sulfonamides is 1. The molecular formula is C23H18FN3O2S. The van der Waals surface area contributed by atoms with Gasteiger partial charge in [0, 0.05) is 11.1 Å². The van der Waals surface area contributed by atoms with Gasteiger partial charge in [0.2, 0.25) is 10.0 Å². The molecule has 3 aromatic carbocycles. The van der Waals surface area contributed by atoms with Gasteiger partial charge in [0.15, 0.2) is 0 Å². The van der Waals surface area contributed by atoms with E-state index >= 15 is 0 Å². The Morgan fingerprint density at radius 2 is 1.47 bits per heavy atom. The van der Waals surface area contributed by atoms with Gasteiger partial charge in [-0.2, -0.15) is 0 Å². The van der Waals surface area contributed by atoms with Crippen molar-refractivity contribution in [2.75, 3.05) is 0 Å². The topological polar surface area (TPSA) is 88.8 Å². The van der Waals surface area contributed by atoms with E-state index in [2.05, 4.69) is 9.97 Å². The molecule has 150 valence electrons. The summed E-state index contributed by atoms with van der Waals surface area (Å²) in [5, 5.41) is 5.19. The summed E-state index contributed by atoms with van der Waals surface area (Å²) in [6.45, 7) is 0. The van der Waals surface area contributed by atoms with Gasteiger partial charge in [-0.3, -0.25) is 0 Å². The summed E-state index contributed by atoms with van der Waals surface area (Å²) in [6.07, 6.45) is 3.78. The van der Waals surface area contributed by atoms with E-state index < -0.39 is 10.0 Å². The first-order valence-electron chi connectivity index (χ1n) is 9.12. The van der Waals surface area contributed by atoms with Crippen LogP contribution in [-0.4, -0.2) is 18.4 Å². The van der Waals surface area contributed by atoms with E-state index in [4.69, 9.17) is 5.14 Å². The van der Waals surface area contributed by atoms with Crippen molar-refractivity contribution in [2.45, 2.75) is 4.90 Å². The normalized spacial score (nSPS) is 11.8. The molecule has 0 aliphatic heterocycles. The Bertz CT molecular complexity index is 1300. The van der Waals surface area contributed by atoms with Crippen molar-refractivity contribution in [2.24, 2.45) is 5.14 Å². The molecular weight excluding hydrogens is 401 g/mol. The van der Waals surface area contributed by atoms with E-state index in [1.165, 1.54) is 24.3 Å². The number of nitrogens with zero attached hydrogens (tertiary/aromatic N) is 1. The average Bonchev–Trinajstić information content (AvgIpc) is 3.17. The molecule has 0 aliphatic carbocycles. The highest BCUT2D eigenvalue weighted by Gasteiger charge is 2.15. The van der Waals surface area contributed by atoms with Gasteiger partial charge in [0.25, 0.3) is 0 Å². The first kappa shape index (κ1) is 19.8. The van der Waals surface area contributed by atoms with Crippen molar-refractivity contribution in [1.82, 2.24) is 9.97 Å². The number of H-pyrrole nitrogens is 1. The van der Waals surface area contributed by atoms with E-state index in [9.17, 15) is 12.8 Å². The van der Waals surface area contributed by atoms with Crippen molar-refractivity contribution in [3.63, 3.8) is 0 Å². The van der Waals surface area contributed by atoms with Crippen LogP contribution in [0.5, 0.6) is 0 Å². The predicted molar refractivity (Wildman–Crippen MR) is 116 cm³/mol. The van der Waals surface area contributed by atoms with Crippen LogP contribution >= 0.6 is 0 Å². The minimum absolute atomic E-state index is 0.0225. The molecule has 0 atom stereocenters. The van der Waals surface area contributed by atoms with Crippen molar-refractivity contribution in [1.29, 1.82) is 0 Å². The van der Waals surface area contributed by atoms with Gasteiger partial charge in [0.05, 0.1) is 16.3 Å². The second-order valence-corrected chi connectivity index (χ2v) is 8.23. The summed E-state index contributed by atoms with van der Waals surface area (Å²) >= 11 is 0. The zero-order valence-electron chi connectivity index (χ0n) is 15.8. The first-order chi connectivity index (χ1) is 14.4. The highest BCUT2D eigenvalue weighted by atomic mass is 32.2. The number of nitrogens with one attached hydrogen (secondary N) is 1. The summed E-state index contributed by atoms with van der Waals surface area (Å²) in [5.74, 6) is 0.283. The van der Waals surface area contributed by atoms with Crippen LogP contribution in [0.25, 0.3) is 34.7 Å². The fraction of sp³-hybridized carbons (Fsp3) is 0. The average molecular weight is 419 g/mol. The highest BCUT2D eigenvalue weighted by molar-refractivity contribution is 7.89. The molecule has 1 aromatic heterocycles. The Morgan fingerprint density at radius 1 is 0.833 bits per heavy atom. The molecule has 7 heteroatoms. The molecule has 0 spiro atoms. The van der Waals surface area contributed by atoms with Gasteiger partial charge >= 0.3 is 0 Å². The second-order valence-electron chi connectivity index (χ2n) is 6.67. The molecule has 0 amide bonds. The number of rotatable bonds is 5. The van der Waals surface area contributed by atoms with Crippen LogP contribution in [0.3, 0.4) is 0 Å². The zero-order chi connectivity index (χ0) is 21.1. The van der Waals surface area contributed by atoms with Crippen LogP contribution in [0, 0.1) is 5.82 Å². The number of benzene rings is 3. The molecule has 4 aromatic rings. The van der Waals surface area contributed by atoms with Crippen LogP contribution in [0.1, 0.15) is 11.4 Å². The Balaban J connectivity index is 1.78. The lowest BCUT2D eigenvalue weighted by atomic mass is 10.1. The molecule has 1 heterocycles. The van der Waals surface area contributed by atoms with Crippen molar-refractivity contribution < 1.29 is 12.8 Å². The third kappa shape index (κ3) is 4.37. The van der Waals surface area contributed by atoms with Gasteiger partial charge in [-0.25, -0.2) is 22.9 Å². The molecule has 0 unspecified atom stereocenters. The Hall–Kier alpha value is -3.55. The molecule has 0 radical (unpaired) electrons. The smallest absolute Gasteiger partial charge is 0.238 e. The fourth-order valence-electron chi connectivity index (χ4n) is 3.05. The van der Waals surface area contributed by atoms with E-state index in [0.717, 1.165) is 11.1 Å². The van der Waals surface area contributed by atoms with Crippen LogP contribution in [0.4, 0.5) is 4.39 Å². The van der Waals surface area contributed by atoms with E-state index in [0.29, 0.717) is 22.8 Å². The number of aromatic nitrogens is 2. The van der Waals surface area contributed by atoms with Crippen LogP contribution in [0.15, 0.2) is 83.8 Å². The molecule has 0 aliphatic rings. The van der Waals surface area contributed by atoms with E-state index in [1.54, 1.807) is 24.3 Å². The van der Waals surface area contributed by atoms with E-state index in [-0.39, 0.29) is 10.7 Å². The van der Waals surface area contributed by atoms with Crippen LogP contribution in [-0.2, 0) is 10.0 Å². The number of imidazole rings is 1. The maximum Gasteiger partial charge on any atom is 0.238 e. The maximum atomic E-state index is 13.4. The van der Waals surface area contributed by atoms with Gasteiger partial charge < -0.3 is 4.98 Å². The Morgan fingerprint density at radius 3 is 2.10 bits per heavy atom. The number of aromatic amines is 1. The van der Waals surface area contributed by atoms with Crippen molar-refractivity contribution in [3.05, 3.63) is 96.1 Å². The number of hydrogen-bond acceptors (Lipinski definition) is 3. The van der Waals surface area contributed by atoms with Crippen molar-refractivity contribution in [3.8, 4) is 22.5 Å². The summed E-state index contributed by atoms with van der Waals surface area (Å²) in [6, 6.07) is 22.1. The number of halogens is 1. The summed E-state index contributed by atoms with van der Waals surface area (Å²) in [7, 11) is -3.78. The lowest BCUT2D eigenvalue weighted by Gasteiger charge is -2.04. The fourth-order valence-corrected chi connectivity index (χ4v) is 3.56. The van der Waals surface area contributed by atoms with Gasteiger partial charge in [-0.05, 0) is 48.0 Å². The summed E-state index contributed by atoms with van der Waals surface area (Å²) in [4.78, 5) is 7.96.